The molecule has 0 saturated heterocycles. The smallest absolute Gasteiger partial charge is 0.320 e. The molecule has 1 fully saturated rings. The van der Waals surface area contributed by atoms with Crippen LogP contribution in [0.25, 0.3) is 0 Å². The number of benzene rings is 1. The first kappa shape index (κ1) is 16.0. The minimum Gasteiger partial charge on any atom is -0.480 e. The summed E-state index contributed by atoms with van der Waals surface area (Å²) < 4.78 is 0. The van der Waals surface area contributed by atoms with Gasteiger partial charge in [0.15, 0.2) is 0 Å². The zero-order valence-corrected chi connectivity index (χ0v) is 13.1. The summed E-state index contributed by atoms with van der Waals surface area (Å²) in [7, 11) is 0. The van der Waals surface area contributed by atoms with E-state index in [4.69, 9.17) is 0 Å². The number of rotatable bonds is 7. The van der Waals surface area contributed by atoms with Gasteiger partial charge in [0.2, 0.25) is 0 Å². The van der Waals surface area contributed by atoms with Crippen molar-refractivity contribution in [2.24, 2.45) is 5.92 Å². The molecule has 0 spiro atoms. The van der Waals surface area contributed by atoms with Crippen LogP contribution in [0, 0.1) is 5.92 Å². The van der Waals surface area contributed by atoms with E-state index in [2.05, 4.69) is 29.6 Å². The zero-order chi connectivity index (χ0) is 15.2. The lowest BCUT2D eigenvalue weighted by Gasteiger charge is -2.17. The Morgan fingerprint density at radius 2 is 1.86 bits per heavy atom. The molecule has 3 nitrogen and oxygen atoms in total. The van der Waals surface area contributed by atoms with Crippen LogP contribution in [0.2, 0.25) is 0 Å². The molecule has 3 heteroatoms. The highest BCUT2D eigenvalue weighted by molar-refractivity contribution is 5.73. The summed E-state index contributed by atoms with van der Waals surface area (Å²) in [6, 6.07) is 8.24. The molecular formula is C18H27NO2. The van der Waals surface area contributed by atoms with Gasteiger partial charge < -0.3 is 10.4 Å². The molecular weight excluding hydrogens is 262 g/mol. The topological polar surface area (TPSA) is 49.3 Å². The molecule has 1 aliphatic carbocycles. The van der Waals surface area contributed by atoms with Crippen LogP contribution >= 0.6 is 0 Å². The predicted octanol–water partition coefficient (Wildman–Crippen LogP) is 3.93. The molecule has 0 heterocycles. The number of hydrogen-bond acceptors (Lipinski definition) is 2. The third-order valence-electron chi connectivity index (χ3n) is 4.36. The predicted molar refractivity (Wildman–Crippen MR) is 85.4 cm³/mol. The van der Waals surface area contributed by atoms with Gasteiger partial charge in [-0.3, -0.25) is 4.79 Å². The SMILES string of the molecule is CC(C)C[C@H](NCc1ccc(C2CCCC2)cc1)C(=O)O. The van der Waals surface area contributed by atoms with Gasteiger partial charge in [-0.25, -0.2) is 0 Å². The second-order valence-electron chi connectivity index (χ2n) is 6.62. The third kappa shape index (κ3) is 4.85. The third-order valence-corrected chi connectivity index (χ3v) is 4.36. The van der Waals surface area contributed by atoms with E-state index in [-0.39, 0.29) is 0 Å². The summed E-state index contributed by atoms with van der Waals surface area (Å²) in [5.41, 5.74) is 2.60. The Morgan fingerprint density at radius 3 is 2.38 bits per heavy atom. The molecule has 1 atom stereocenters. The lowest BCUT2D eigenvalue weighted by Crippen LogP contribution is -2.37. The first-order chi connectivity index (χ1) is 10.1. The van der Waals surface area contributed by atoms with Crippen LogP contribution in [0.1, 0.15) is 63.0 Å². The van der Waals surface area contributed by atoms with Crippen molar-refractivity contribution in [3.8, 4) is 0 Å². The molecule has 116 valence electrons. The van der Waals surface area contributed by atoms with Gasteiger partial charge in [-0.2, -0.15) is 0 Å². The summed E-state index contributed by atoms with van der Waals surface area (Å²) in [6.07, 6.45) is 5.99. The molecule has 0 unspecified atom stereocenters. The molecule has 0 radical (unpaired) electrons. The molecule has 1 aromatic carbocycles. The van der Waals surface area contributed by atoms with Crippen molar-refractivity contribution in [1.29, 1.82) is 0 Å². The summed E-state index contributed by atoms with van der Waals surface area (Å²) >= 11 is 0. The minimum absolute atomic E-state index is 0.378. The highest BCUT2D eigenvalue weighted by atomic mass is 16.4. The number of carbonyl (C=O) groups is 1. The van der Waals surface area contributed by atoms with Gasteiger partial charge in [-0.15, -0.1) is 0 Å². The number of nitrogens with one attached hydrogen (secondary N) is 1. The molecule has 2 N–H and O–H groups in total. The fraction of sp³-hybridized carbons (Fsp3) is 0.611. The average Bonchev–Trinajstić information content (AvgIpc) is 2.97. The van der Waals surface area contributed by atoms with Crippen LogP contribution in [0.15, 0.2) is 24.3 Å². The van der Waals surface area contributed by atoms with E-state index in [1.807, 2.05) is 13.8 Å². The first-order valence-electron chi connectivity index (χ1n) is 8.11. The molecule has 0 bridgehead atoms. The van der Waals surface area contributed by atoms with Crippen LogP contribution in [0.3, 0.4) is 0 Å². The largest absolute Gasteiger partial charge is 0.480 e. The Labute approximate surface area is 127 Å². The fourth-order valence-corrected chi connectivity index (χ4v) is 3.15. The monoisotopic (exact) mass is 289 g/mol. The first-order valence-corrected chi connectivity index (χ1v) is 8.11. The maximum atomic E-state index is 11.2. The van der Waals surface area contributed by atoms with Crippen molar-refractivity contribution in [3.05, 3.63) is 35.4 Å². The molecule has 1 aliphatic rings. The normalized spacial score (nSPS) is 17.3. The van der Waals surface area contributed by atoms with Gasteiger partial charge in [0.25, 0.3) is 0 Å². The maximum Gasteiger partial charge on any atom is 0.320 e. The van der Waals surface area contributed by atoms with Gasteiger partial charge in [0.1, 0.15) is 6.04 Å². The average molecular weight is 289 g/mol. The highest BCUT2D eigenvalue weighted by Crippen LogP contribution is 2.33. The summed E-state index contributed by atoms with van der Waals surface area (Å²) in [5.74, 6) is 0.356. The van der Waals surface area contributed by atoms with E-state index >= 15 is 0 Å². The minimum atomic E-state index is -0.758. The highest BCUT2D eigenvalue weighted by Gasteiger charge is 2.19. The van der Waals surface area contributed by atoms with Crippen LogP contribution in [0.5, 0.6) is 0 Å². The van der Waals surface area contributed by atoms with Crippen LogP contribution < -0.4 is 5.32 Å². The van der Waals surface area contributed by atoms with Gasteiger partial charge in [0.05, 0.1) is 0 Å². The Bertz CT molecular complexity index is 447. The number of hydrogen-bond donors (Lipinski definition) is 2. The van der Waals surface area contributed by atoms with E-state index in [1.54, 1.807) is 0 Å². The van der Waals surface area contributed by atoms with E-state index in [0.717, 1.165) is 11.5 Å². The van der Waals surface area contributed by atoms with Gasteiger partial charge in [-0.05, 0) is 42.2 Å². The van der Waals surface area contributed by atoms with Crippen LogP contribution in [-0.4, -0.2) is 17.1 Å². The Hall–Kier alpha value is -1.35. The molecule has 21 heavy (non-hydrogen) atoms. The lowest BCUT2D eigenvalue weighted by molar-refractivity contribution is -0.140. The van der Waals surface area contributed by atoms with Crippen LogP contribution in [-0.2, 0) is 11.3 Å². The Morgan fingerprint density at radius 1 is 1.24 bits per heavy atom. The number of aliphatic carboxylic acids is 1. The van der Waals surface area contributed by atoms with E-state index < -0.39 is 12.0 Å². The fourth-order valence-electron chi connectivity index (χ4n) is 3.15. The zero-order valence-electron chi connectivity index (χ0n) is 13.1. The summed E-state index contributed by atoms with van der Waals surface area (Å²) in [5, 5.41) is 12.4. The second kappa shape index (κ2) is 7.60. The van der Waals surface area contributed by atoms with Gasteiger partial charge >= 0.3 is 5.97 Å². The van der Waals surface area contributed by atoms with Crippen molar-refractivity contribution < 1.29 is 9.90 Å². The summed E-state index contributed by atoms with van der Waals surface area (Å²) in [4.78, 5) is 11.2. The molecule has 0 aromatic heterocycles. The van der Waals surface area contributed by atoms with Gasteiger partial charge in [-0.1, -0.05) is 51.0 Å². The van der Waals surface area contributed by atoms with Crippen molar-refractivity contribution >= 4 is 5.97 Å². The van der Waals surface area contributed by atoms with Crippen molar-refractivity contribution in [3.63, 3.8) is 0 Å². The standard InChI is InChI=1S/C18H27NO2/c1-13(2)11-17(18(20)21)19-12-14-7-9-16(10-8-14)15-5-3-4-6-15/h7-10,13,15,17,19H,3-6,11-12H2,1-2H3,(H,20,21)/t17-/m0/s1. The van der Waals surface area contributed by atoms with Crippen molar-refractivity contribution in [2.45, 2.75) is 64.5 Å². The second-order valence-corrected chi connectivity index (χ2v) is 6.62. The number of carboxylic acid groups (broad SMARTS) is 1. The maximum absolute atomic E-state index is 11.2. The van der Waals surface area contributed by atoms with E-state index in [9.17, 15) is 9.90 Å². The van der Waals surface area contributed by atoms with Crippen LogP contribution in [0.4, 0.5) is 0 Å². The molecule has 1 saturated carbocycles. The van der Waals surface area contributed by atoms with E-state index in [1.165, 1.54) is 31.2 Å². The molecule has 0 amide bonds. The Kier molecular flexibility index (Phi) is 5.80. The van der Waals surface area contributed by atoms with Crippen molar-refractivity contribution in [2.75, 3.05) is 0 Å². The number of carboxylic acids is 1. The summed E-state index contributed by atoms with van der Waals surface area (Å²) in [6.45, 7) is 4.72. The molecule has 2 rings (SSSR count). The quantitative estimate of drug-likeness (QED) is 0.799. The van der Waals surface area contributed by atoms with Crippen molar-refractivity contribution in [1.82, 2.24) is 5.32 Å². The van der Waals surface area contributed by atoms with Gasteiger partial charge in [0, 0.05) is 6.54 Å². The molecule has 1 aromatic rings. The van der Waals surface area contributed by atoms with E-state index in [0.29, 0.717) is 18.9 Å². The Balaban J connectivity index is 1.88. The lowest BCUT2D eigenvalue weighted by atomic mass is 9.96. The molecule has 0 aliphatic heterocycles.